The Hall–Kier alpha value is -1.53. The quantitative estimate of drug-likeness (QED) is 0.887. The molecule has 2 aliphatic heterocycles. The minimum absolute atomic E-state index is 0.0145. The van der Waals surface area contributed by atoms with Crippen LogP contribution in [0.15, 0.2) is 23.1 Å². The highest BCUT2D eigenvalue weighted by molar-refractivity contribution is 8.00. The Bertz CT molecular complexity index is 598. The highest BCUT2D eigenvalue weighted by Crippen LogP contribution is 2.31. The maximum Gasteiger partial charge on any atom is 0.251 e. The van der Waals surface area contributed by atoms with Crippen LogP contribution in [0.5, 0.6) is 0 Å². The van der Waals surface area contributed by atoms with Gasteiger partial charge in [-0.05, 0) is 50.0 Å². The molecular weight excluding hydrogens is 310 g/mol. The number of hydrogen-bond donors (Lipinski definition) is 2. The van der Waals surface area contributed by atoms with Gasteiger partial charge in [0.2, 0.25) is 5.91 Å². The van der Waals surface area contributed by atoms with E-state index in [0.717, 1.165) is 36.1 Å². The van der Waals surface area contributed by atoms with Gasteiger partial charge in [0.1, 0.15) is 0 Å². The highest BCUT2D eigenvalue weighted by atomic mass is 32.2. The van der Waals surface area contributed by atoms with Crippen molar-refractivity contribution in [1.29, 1.82) is 0 Å². The lowest BCUT2D eigenvalue weighted by atomic mass is 9.99. The topological polar surface area (TPSA) is 61.4 Å². The fourth-order valence-electron chi connectivity index (χ4n) is 2.94. The number of nitrogens with zero attached hydrogens (tertiary/aromatic N) is 1. The molecule has 0 atom stereocenters. The second-order valence-electron chi connectivity index (χ2n) is 6.33. The Labute approximate surface area is 141 Å². The summed E-state index contributed by atoms with van der Waals surface area (Å²) in [4.78, 5) is 27.1. The van der Waals surface area contributed by atoms with E-state index in [1.807, 2.05) is 12.1 Å². The standard InChI is InChI=1S/C17H23N3O2S/c1-12-4-7-20(8-5-12)9-6-18-17(22)13-2-3-15-14(10-13)19-16(21)11-23-15/h2-3,10,12H,4-9,11H2,1H3,(H,18,22)(H,19,21). The number of piperidine rings is 1. The van der Waals surface area contributed by atoms with Crippen LogP contribution in [0.1, 0.15) is 30.1 Å². The van der Waals surface area contributed by atoms with E-state index in [0.29, 0.717) is 17.9 Å². The molecule has 0 unspecified atom stereocenters. The monoisotopic (exact) mass is 333 g/mol. The average molecular weight is 333 g/mol. The van der Waals surface area contributed by atoms with Crippen LogP contribution in [0.2, 0.25) is 0 Å². The van der Waals surface area contributed by atoms with E-state index >= 15 is 0 Å². The third kappa shape index (κ3) is 4.26. The zero-order chi connectivity index (χ0) is 16.2. The van der Waals surface area contributed by atoms with Crippen molar-refractivity contribution >= 4 is 29.3 Å². The molecule has 1 aromatic rings. The van der Waals surface area contributed by atoms with E-state index in [1.165, 1.54) is 24.6 Å². The van der Waals surface area contributed by atoms with Crippen LogP contribution in [-0.4, -0.2) is 48.6 Å². The molecule has 0 aromatic heterocycles. The van der Waals surface area contributed by atoms with Crippen molar-refractivity contribution in [2.24, 2.45) is 5.92 Å². The van der Waals surface area contributed by atoms with E-state index in [4.69, 9.17) is 0 Å². The molecular formula is C17H23N3O2S. The third-order valence-corrected chi connectivity index (χ3v) is 5.54. The SMILES string of the molecule is CC1CCN(CCNC(=O)c2ccc3c(c2)NC(=O)CS3)CC1. The number of carbonyl (C=O) groups excluding carboxylic acids is 2. The molecule has 0 spiro atoms. The summed E-state index contributed by atoms with van der Waals surface area (Å²) in [5.41, 5.74) is 1.34. The zero-order valence-corrected chi connectivity index (χ0v) is 14.2. The van der Waals surface area contributed by atoms with Crippen LogP contribution in [0.25, 0.3) is 0 Å². The predicted molar refractivity (Wildman–Crippen MR) is 93.0 cm³/mol. The first-order valence-corrected chi connectivity index (χ1v) is 9.17. The summed E-state index contributed by atoms with van der Waals surface area (Å²) in [5.74, 6) is 1.17. The summed E-state index contributed by atoms with van der Waals surface area (Å²) in [7, 11) is 0. The van der Waals surface area contributed by atoms with Gasteiger partial charge in [-0.2, -0.15) is 0 Å². The van der Waals surface area contributed by atoms with Crippen molar-refractivity contribution < 1.29 is 9.59 Å². The number of amides is 2. The molecule has 0 radical (unpaired) electrons. The number of rotatable bonds is 4. The number of hydrogen-bond acceptors (Lipinski definition) is 4. The van der Waals surface area contributed by atoms with E-state index in [9.17, 15) is 9.59 Å². The Morgan fingerprint density at radius 2 is 2.17 bits per heavy atom. The van der Waals surface area contributed by atoms with E-state index in [2.05, 4.69) is 22.5 Å². The van der Waals surface area contributed by atoms with Crippen molar-refractivity contribution in [2.75, 3.05) is 37.2 Å². The summed E-state index contributed by atoms with van der Waals surface area (Å²) < 4.78 is 0. The number of benzene rings is 1. The lowest BCUT2D eigenvalue weighted by Crippen LogP contribution is -2.39. The maximum atomic E-state index is 12.3. The van der Waals surface area contributed by atoms with E-state index < -0.39 is 0 Å². The summed E-state index contributed by atoms with van der Waals surface area (Å²) in [6.07, 6.45) is 2.49. The van der Waals surface area contributed by atoms with Crippen LogP contribution in [-0.2, 0) is 4.79 Å². The molecule has 124 valence electrons. The molecule has 0 aliphatic carbocycles. The van der Waals surface area contributed by atoms with Gasteiger partial charge in [-0.3, -0.25) is 9.59 Å². The number of likely N-dealkylation sites (tertiary alicyclic amines) is 1. The van der Waals surface area contributed by atoms with Crippen LogP contribution in [0.4, 0.5) is 5.69 Å². The van der Waals surface area contributed by atoms with Crippen molar-refractivity contribution in [1.82, 2.24) is 10.2 Å². The predicted octanol–water partition coefficient (Wildman–Crippen LogP) is 2.19. The molecule has 3 rings (SSSR count). The summed E-state index contributed by atoms with van der Waals surface area (Å²) >= 11 is 1.50. The first kappa shape index (κ1) is 16.3. The van der Waals surface area contributed by atoms with Gasteiger partial charge in [0, 0.05) is 23.5 Å². The number of carbonyl (C=O) groups is 2. The second kappa shape index (κ2) is 7.36. The fraction of sp³-hybridized carbons (Fsp3) is 0.529. The number of nitrogens with one attached hydrogen (secondary N) is 2. The molecule has 23 heavy (non-hydrogen) atoms. The number of thioether (sulfide) groups is 1. The molecule has 2 N–H and O–H groups in total. The molecule has 0 saturated carbocycles. The van der Waals surface area contributed by atoms with Gasteiger partial charge in [-0.15, -0.1) is 11.8 Å². The smallest absolute Gasteiger partial charge is 0.251 e. The number of anilines is 1. The normalized spacial score (nSPS) is 19.1. The van der Waals surface area contributed by atoms with Crippen molar-refractivity contribution in [2.45, 2.75) is 24.7 Å². The van der Waals surface area contributed by atoms with Crippen molar-refractivity contribution in [3.63, 3.8) is 0 Å². The first-order chi connectivity index (χ1) is 11.1. The second-order valence-corrected chi connectivity index (χ2v) is 7.35. The average Bonchev–Trinajstić information content (AvgIpc) is 2.56. The highest BCUT2D eigenvalue weighted by Gasteiger charge is 2.18. The third-order valence-electron chi connectivity index (χ3n) is 4.46. The van der Waals surface area contributed by atoms with Gasteiger partial charge in [0.25, 0.3) is 5.91 Å². The molecule has 1 fully saturated rings. The minimum Gasteiger partial charge on any atom is -0.351 e. The lowest BCUT2D eigenvalue weighted by Gasteiger charge is -2.30. The van der Waals surface area contributed by atoms with Gasteiger partial charge in [-0.1, -0.05) is 6.92 Å². The minimum atomic E-state index is -0.0806. The molecule has 2 amide bonds. The van der Waals surface area contributed by atoms with Crippen LogP contribution in [0, 0.1) is 5.92 Å². The van der Waals surface area contributed by atoms with Gasteiger partial charge in [0.05, 0.1) is 11.4 Å². The van der Waals surface area contributed by atoms with Crippen molar-refractivity contribution in [3.05, 3.63) is 23.8 Å². The Morgan fingerprint density at radius 1 is 1.39 bits per heavy atom. The first-order valence-electron chi connectivity index (χ1n) is 8.19. The Balaban J connectivity index is 1.50. The molecule has 1 aromatic carbocycles. The van der Waals surface area contributed by atoms with Gasteiger partial charge in [-0.25, -0.2) is 0 Å². The summed E-state index contributed by atoms with van der Waals surface area (Å²) in [6, 6.07) is 5.49. The zero-order valence-electron chi connectivity index (χ0n) is 13.4. The molecule has 2 aliphatic rings. The largest absolute Gasteiger partial charge is 0.351 e. The van der Waals surface area contributed by atoms with E-state index in [1.54, 1.807) is 6.07 Å². The summed E-state index contributed by atoms with van der Waals surface area (Å²) in [6.45, 7) is 6.10. The van der Waals surface area contributed by atoms with Crippen LogP contribution >= 0.6 is 11.8 Å². The van der Waals surface area contributed by atoms with Crippen LogP contribution < -0.4 is 10.6 Å². The fourth-order valence-corrected chi connectivity index (χ4v) is 3.73. The van der Waals surface area contributed by atoms with Crippen LogP contribution in [0.3, 0.4) is 0 Å². The lowest BCUT2D eigenvalue weighted by molar-refractivity contribution is -0.113. The van der Waals surface area contributed by atoms with Crippen molar-refractivity contribution in [3.8, 4) is 0 Å². The van der Waals surface area contributed by atoms with Gasteiger partial charge < -0.3 is 15.5 Å². The molecule has 6 heteroatoms. The molecule has 5 nitrogen and oxygen atoms in total. The number of fused-ring (bicyclic) bond motifs is 1. The molecule has 1 saturated heterocycles. The molecule has 0 bridgehead atoms. The van der Waals surface area contributed by atoms with Gasteiger partial charge >= 0.3 is 0 Å². The van der Waals surface area contributed by atoms with E-state index in [-0.39, 0.29) is 11.8 Å². The van der Waals surface area contributed by atoms with Gasteiger partial charge in [0.15, 0.2) is 0 Å². The molecule has 2 heterocycles. The Kier molecular flexibility index (Phi) is 5.23. The summed E-state index contributed by atoms with van der Waals surface area (Å²) in [5, 5.41) is 5.79. The maximum absolute atomic E-state index is 12.3. The Morgan fingerprint density at radius 3 is 2.96 bits per heavy atom.